The fourth-order valence-corrected chi connectivity index (χ4v) is 2.49. The number of benzene rings is 2. The van der Waals surface area contributed by atoms with Crippen molar-refractivity contribution in [2.75, 3.05) is 14.2 Å². The number of methoxy groups -OCH3 is 2. The fraction of sp³-hybridized carbons (Fsp3) is 0.294. The molecule has 0 aliphatic carbocycles. The molecule has 2 rings (SSSR count). The van der Waals surface area contributed by atoms with Crippen LogP contribution in [0.4, 0.5) is 0 Å². The third-order valence-electron chi connectivity index (χ3n) is 3.69. The highest BCUT2D eigenvalue weighted by Gasteiger charge is 2.24. The Labute approximate surface area is 125 Å². The smallest absolute Gasteiger partial charge is 0.137 e. The Kier molecular flexibility index (Phi) is 4.24. The largest absolute Gasteiger partial charge is 0.497 e. The first-order chi connectivity index (χ1) is 9.48. The molecule has 2 aromatic rings. The Morgan fingerprint density at radius 2 is 1.45 bits per heavy atom. The van der Waals surface area contributed by atoms with Gasteiger partial charge in [0.15, 0.2) is 0 Å². The normalized spacial score (nSPS) is 11.2. The van der Waals surface area contributed by atoms with E-state index in [1.54, 1.807) is 14.2 Å². The predicted molar refractivity (Wildman–Crippen MR) is 83.1 cm³/mol. The zero-order valence-corrected chi connectivity index (χ0v) is 13.0. The lowest BCUT2D eigenvalue weighted by Crippen LogP contribution is -2.18. The first-order valence-electron chi connectivity index (χ1n) is 6.47. The molecule has 0 unspecified atom stereocenters. The molecule has 20 heavy (non-hydrogen) atoms. The van der Waals surface area contributed by atoms with E-state index in [-0.39, 0.29) is 5.41 Å². The summed E-state index contributed by atoms with van der Waals surface area (Å²) >= 11 is 6.23. The lowest BCUT2D eigenvalue weighted by Gasteiger charge is -2.26. The van der Waals surface area contributed by atoms with E-state index < -0.39 is 0 Å². The maximum absolute atomic E-state index is 6.23. The zero-order valence-electron chi connectivity index (χ0n) is 12.2. The molecule has 0 atom stereocenters. The minimum absolute atomic E-state index is 0.137. The third-order valence-corrected chi connectivity index (χ3v) is 3.98. The van der Waals surface area contributed by atoms with E-state index in [9.17, 15) is 0 Å². The van der Waals surface area contributed by atoms with E-state index in [1.165, 1.54) is 5.56 Å². The second kappa shape index (κ2) is 5.76. The van der Waals surface area contributed by atoms with Gasteiger partial charge >= 0.3 is 0 Å². The summed E-state index contributed by atoms with van der Waals surface area (Å²) in [6, 6.07) is 14.0. The molecule has 0 aliphatic heterocycles. The summed E-state index contributed by atoms with van der Waals surface area (Å²) in [7, 11) is 3.29. The Balaban J connectivity index is 2.39. The van der Waals surface area contributed by atoms with E-state index in [0.717, 1.165) is 11.3 Å². The van der Waals surface area contributed by atoms with Crippen LogP contribution >= 0.6 is 11.6 Å². The molecule has 106 valence electrons. The highest BCUT2D eigenvalue weighted by Crippen LogP contribution is 2.36. The van der Waals surface area contributed by atoms with Crippen LogP contribution in [-0.2, 0) is 5.41 Å². The molecule has 0 aliphatic rings. The number of halogens is 1. The maximum Gasteiger partial charge on any atom is 0.137 e. The van der Waals surface area contributed by atoms with E-state index in [4.69, 9.17) is 21.1 Å². The van der Waals surface area contributed by atoms with Crippen LogP contribution in [-0.4, -0.2) is 14.2 Å². The molecule has 0 saturated carbocycles. The van der Waals surface area contributed by atoms with Crippen molar-refractivity contribution in [1.82, 2.24) is 0 Å². The van der Waals surface area contributed by atoms with E-state index in [0.29, 0.717) is 10.8 Å². The quantitative estimate of drug-likeness (QED) is 0.814. The van der Waals surface area contributed by atoms with Gasteiger partial charge in [0, 0.05) is 5.41 Å². The standard InChI is InChI=1S/C17H19ClO2/c1-17(2,12-5-8-14(19-3)9-6-12)13-7-10-16(20-4)15(18)11-13/h5-11H,1-4H3. The molecule has 0 N–H and O–H groups in total. The van der Waals surface area contributed by atoms with Crippen molar-refractivity contribution in [2.24, 2.45) is 0 Å². The average molecular weight is 291 g/mol. The molecule has 0 heterocycles. The molecule has 0 aromatic heterocycles. The van der Waals surface area contributed by atoms with Gasteiger partial charge in [-0.1, -0.05) is 43.6 Å². The summed E-state index contributed by atoms with van der Waals surface area (Å²) in [4.78, 5) is 0. The van der Waals surface area contributed by atoms with Gasteiger partial charge in [-0.3, -0.25) is 0 Å². The maximum atomic E-state index is 6.23. The van der Waals surface area contributed by atoms with E-state index in [2.05, 4.69) is 32.0 Å². The summed E-state index contributed by atoms with van der Waals surface area (Å²) in [5.74, 6) is 1.55. The van der Waals surface area contributed by atoms with Gasteiger partial charge in [0.2, 0.25) is 0 Å². The van der Waals surface area contributed by atoms with Crippen LogP contribution < -0.4 is 9.47 Å². The van der Waals surface area contributed by atoms with Gasteiger partial charge in [-0.05, 0) is 35.4 Å². The van der Waals surface area contributed by atoms with Gasteiger partial charge in [0.25, 0.3) is 0 Å². The van der Waals surface area contributed by atoms with Gasteiger partial charge in [-0.15, -0.1) is 0 Å². The Hall–Kier alpha value is -1.67. The van der Waals surface area contributed by atoms with Crippen molar-refractivity contribution in [1.29, 1.82) is 0 Å². The average Bonchev–Trinajstić information content (AvgIpc) is 2.47. The van der Waals surface area contributed by atoms with E-state index >= 15 is 0 Å². The zero-order chi connectivity index (χ0) is 14.8. The summed E-state index contributed by atoms with van der Waals surface area (Å²) < 4.78 is 10.4. The van der Waals surface area contributed by atoms with Crippen molar-refractivity contribution in [3.8, 4) is 11.5 Å². The van der Waals surface area contributed by atoms with Gasteiger partial charge in [-0.25, -0.2) is 0 Å². The van der Waals surface area contributed by atoms with Gasteiger partial charge in [0.1, 0.15) is 11.5 Å². The number of hydrogen-bond acceptors (Lipinski definition) is 2. The highest BCUT2D eigenvalue weighted by atomic mass is 35.5. The van der Waals surface area contributed by atoms with Crippen LogP contribution in [0.25, 0.3) is 0 Å². The molecular formula is C17H19ClO2. The van der Waals surface area contributed by atoms with Crippen LogP contribution in [0.2, 0.25) is 5.02 Å². The number of ether oxygens (including phenoxy) is 2. The second-order valence-electron chi connectivity index (χ2n) is 5.20. The van der Waals surface area contributed by atoms with Crippen LogP contribution in [0.1, 0.15) is 25.0 Å². The van der Waals surface area contributed by atoms with Crippen LogP contribution in [0.3, 0.4) is 0 Å². The highest BCUT2D eigenvalue weighted by molar-refractivity contribution is 6.32. The molecule has 2 nitrogen and oxygen atoms in total. The lowest BCUT2D eigenvalue weighted by atomic mass is 9.78. The molecule has 3 heteroatoms. The molecule has 0 saturated heterocycles. The molecule has 0 bridgehead atoms. The van der Waals surface area contributed by atoms with Crippen LogP contribution in [0.5, 0.6) is 11.5 Å². The Morgan fingerprint density at radius 3 is 1.95 bits per heavy atom. The second-order valence-corrected chi connectivity index (χ2v) is 5.61. The SMILES string of the molecule is COc1ccc(C(C)(C)c2ccc(OC)c(Cl)c2)cc1. The first-order valence-corrected chi connectivity index (χ1v) is 6.85. The van der Waals surface area contributed by atoms with Crippen LogP contribution in [0.15, 0.2) is 42.5 Å². The third kappa shape index (κ3) is 2.75. The van der Waals surface area contributed by atoms with Crippen molar-refractivity contribution in [3.63, 3.8) is 0 Å². The minimum atomic E-state index is -0.137. The monoisotopic (exact) mass is 290 g/mol. The summed E-state index contributed by atoms with van der Waals surface area (Å²) in [5.41, 5.74) is 2.22. The first kappa shape index (κ1) is 14.7. The van der Waals surface area contributed by atoms with Crippen molar-refractivity contribution < 1.29 is 9.47 Å². The lowest BCUT2D eigenvalue weighted by molar-refractivity contribution is 0.414. The molecular weight excluding hydrogens is 272 g/mol. The predicted octanol–water partition coefficient (Wildman–Crippen LogP) is 4.68. The number of hydrogen-bond donors (Lipinski definition) is 0. The summed E-state index contributed by atoms with van der Waals surface area (Å²) in [6.45, 7) is 4.35. The van der Waals surface area contributed by atoms with Crippen molar-refractivity contribution in [3.05, 3.63) is 58.6 Å². The topological polar surface area (TPSA) is 18.5 Å². The molecule has 0 radical (unpaired) electrons. The Morgan fingerprint density at radius 1 is 0.850 bits per heavy atom. The molecule has 2 aromatic carbocycles. The Bertz CT molecular complexity index is 588. The molecule has 0 spiro atoms. The van der Waals surface area contributed by atoms with Gasteiger partial charge < -0.3 is 9.47 Å². The van der Waals surface area contributed by atoms with Crippen molar-refractivity contribution in [2.45, 2.75) is 19.3 Å². The van der Waals surface area contributed by atoms with Gasteiger partial charge in [0.05, 0.1) is 19.2 Å². The van der Waals surface area contributed by atoms with Crippen LogP contribution in [0, 0.1) is 0 Å². The van der Waals surface area contributed by atoms with Gasteiger partial charge in [-0.2, -0.15) is 0 Å². The summed E-state index contributed by atoms with van der Waals surface area (Å²) in [5, 5.41) is 0.631. The fourth-order valence-electron chi connectivity index (χ4n) is 2.23. The van der Waals surface area contributed by atoms with Crippen molar-refractivity contribution >= 4 is 11.6 Å². The molecule has 0 fully saturated rings. The van der Waals surface area contributed by atoms with E-state index in [1.807, 2.05) is 24.3 Å². The minimum Gasteiger partial charge on any atom is -0.497 e. The molecule has 0 amide bonds. The summed E-state index contributed by atoms with van der Waals surface area (Å²) in [6.07, 6.45) is 0. The number of rotatable bonds is 4.